The highest BCUT2D eigenvalue weighted by Crippen LogP contribution is 2.29. The summed E-state index contributed by atoms with van der Waals surface area (Å²) in [5, 5.41) is 10.2. The van der Waals surface area contributed by atoms with Gasteiger partial charge in [-0.2, -0.15) is 0 Å². The van der Waals surface area contributed by atoms with E-state index in [2.05, 4.69) is 41.8 Å². The molecule has 2 heterocycles. The molecule has 0 aliphatic heterocycles. The maximum Gasteiger partial charge on any atom is 0.338 e. The van der Waals surface area contributed by atoms with E-state index in [0.717, 1.165) is 4.47 Å². The monoisotopic (exact) mass is 388 g/mol. The molecule has 0 radical (unpaired) electrons. The molecule has 7 heteroatoms. The number of hydrogen-bond acceptors (Lipinski definition) is 4. The fourth-order valence-corrected chi connectivity index (χ4v) is 2.55. The molecule has 18 heavy (non-hydrogen) atoms. The van der Waals surface area contributed by atoms with Crippen LogP contribution in [-0.2, 0) is 0 Å². The third-order valence-corrected chi connectivity index (χ3v) is 3.82. The molecule has 0 atom stereocenters. The third kappa shape index (κ3) is 3.30. The molecule has 0 saturated heterocycles. The topological polar surface area (TPSA) is 63.1 Å². The number of aromatic nitrogens is 2. The zero-order valence-electron chi connectivity index (χ0n) is 8.80. The summed E-state index contributed by atoms with van der Waals surface area (Å²) in [6.45, 7) is 0. The molecule has 0 bridgehead atoms. The first-order valence-electron chi connectivity index (χ1n) is 4.74. The van der Waals surface area contributed by atoms with Gasteiger partial charge in [0.15, 0.2) is 0 Å². The first kappa shape index (κ1) is 13.5. The molecule has 0 saturated carbocycles. The predicted molar refractivity (Wildman–Crippen MR) is 75.0 cm³/mol. The molecule has 0 aliphatic carbocycles. The smallest absolute Gasteiger partial charge is 0.338 e. The molecular weight excluding hydrogens is 384 g/mol. The largest absolute Gasteiger partial charge is 0.478 e. The van der Waals surface area contributed by atoms with Crippen molar-refractivity contribution < 1.29 is 9.90 Å². The molecule has 2 aromatic rings. The van der Waals surface area contributed by atoms with Gasteiger partial charge in [0.25, 0.3) is 0 Å². The van der Waals surface area contributed by atoms with Crippen LogP contribution in [0.4, 0.5) is 0 Å². The molecule has 0 unspecified atom stereocenters. The van der Waals surface area contributed by atoms with E-state index in [4.69, 9.17) is 5.11 Å². The van der Waals surface area contributed by atoms with Gasteiger partial charge in [0.05, 0.1) is 5.56 Å². The number of rotatable bonds is 3. The summed E-state index contributed by atoms with van der Waals surface area (Å²) in [6.07, 6.45) is 3.22. The van der Waals surface area contributed by atoms with Crippen LogP contribution in [0.3, 0.4) is 0 Å². The van der Waals surface area contributed by atoms with Gasteiger partial charge in [0, 0.05) is 21.3 Å². The standard InChI is InChI=1S/C11H6Br2N2O2S/c12-6-1-2-9(14-4-6)18-10-8(11(16)17)3-7(13)5-15-10/h1-5H,(H,16,17). The van der Waals surface area contributed by atoms with Crippen molar-refractivity contribution in [3.63, 3.8) is 0 Å². The van der Waals surface area contributed by atoms with Gasteiger partial charge in [0.2, 0.25) is 0 Å². The number of hydrogen-bond donors (Lipinski definition) is 1. The van der Waals surface area contributed by atoms with Crippen molar-refractivity contribution in [1.82, 2.24) is 9.97 Å². The molecule has 2 rings (SSSR count). The van der Waals surface area contributed by atoms with Crippen LogP contribution in [0.1, 0.15) is 10.4 Å². The van der Waals surface area contributed by atoms with Gasteiger partial charge in [-0.15, -0.1) is 0 Å². The van der Waals surface area contributed by atoms with Crippen molar-refractivity contribution in [3.8, 4) is 0 Å². The van der Waals surface area contributed by atoms with E-state index in [1.807, 2.05) is 6.07 Å². The molecule has 0 amide bonds. The first-order chi connectivity index (χ1) is 8.56. The van der Waals surface area contributed by atoms with Gasteiger partial charge in [-0.25, -0.2) is 14.8 Å². The van der Waals surface area contributed by atoms with Crippen LogP contribution in [0, 0.1) is 0 Å². The van der Waals surface area contributed by atoms with Crippen molar-refractivity contribution in [2.75, 3.05) is 0 Å². The van der Waals surface area contributed by atoms with E-state index < -0.39 is 5.97 Å². The van der Waals surface area contributed by atoms with Crippen LogP contribution in [0.15, 0.2) is 49.6 Å². The van der Waals surface area contributed by atoms with Crippen LogP contribution in [0.2, 0.25) is 0 Å². The van der Waals surface area contributed by atoms with Crippen LogP contribution in [-0.4, -0.2) is 21.0 Å². The average Bonchev–Trinajstić information content (AvgIpc) is 2.34. The van der Waals surface area contributed by atoms with Crippen molar-refractivity contribution in [2.24, 2.45) is 0 Å². The Hall–Kier alpha value is -0.920. The Kier molecular flexibility index (Phi) is 4.36. The summed E-state index contributed by atoms with van der Waals surface area (Å²) in [4.78, 5) is 19.4. The van der Waals surface area contributed by atoms with Crippen LogP contribution < -0.4 is 0 Å². The fourth-order valence-electron chi connectivity index (χ4n) is 1.18. The predicted octanol–water partition coefficient (Wildman–Crippen LogP) is 3.85. The van der Waals surface area contributed by atoms with E-state index in [1.54, 1.807) is 18.5 Å². The van der Waals surface area contributed by atoms with E-state index in [-0.39, 0.29) is 5.56 Å². The van der Waals surface area contributed by atoms with Gasteiger partial charge < -0.3 is 5.11 Å². The molecule has 0 aromatic carbocycles. The van der Waals surface area contributed by atoms with Crippen molar-refractivity contribution >= 4 is 49.6 Å². The van der Waals surface area contributed by atoms with Crippen molar-refractivity contribution in [2.45, 2.75) is 10.1 Å². The highest BCUT2D eigenvalue weighted by atomic mass is 79.9. The lowest BCUT2D eigenvalue weighted by Gasteiger charge is -2.04. The third-order valence-electron chi connectivity index (χ3n) is 1.95. The lowest BCUT2D eigenvalue weighted by Crippen LogP contribution is -2.00. The van der Waals surface area contributed by atoms with Crippen LogP contribution >= 0.6 is 43.6 Å². The van der Waals surface area contributed by atoms with Crippen LogP contribution in [0.5, 0.6) is 0 Å². The normalized spacial score (nSPS) is 10.3. The lowest BCUT2D eigenvalue weighted by molar-refractivity contribution is 0.0692. The number of carbonyl (C=O) groups is 1. The first-order valence-corrected chi connectivity index (χ1v) is 7.15. The highest BCUT2D eigenvalue weighted by molar-refractivity contribution is 9.10. The van der Waals surface area contributed by atoms with Crippen molar-refractivity contribution in [1.29, 1.82) is 0 Å². The molecule has 0 aliphatic rings. The number of carboxylic acids is 1. The number of nitrogens with zero attached hydrogens (tertiary/aromatic N) is 2. The van der Waals surface area contributed by atoms with E-state index in [0.29, 0.717) is 14.5 Å². The number of pyridine rings is 2. The lowest BCUT2D eigenvalue weighted by atomic mass is 10.3. The highest BCUT2D eigenvalue weighted by Gasteiger charge is 2.13. The van der Waals surface area contributed by atoms with Gasteiger partial charge >= 0.3 is 5.97 Å². The summed E-state index contributed by atoms with van der Waals surface area (Å²) >= 11 is 7.71. The Morgan fingerprint density at radius 3 is 2.50 bits per heavy atom. The van der Waals surface area contributed by atoms with Gasteiger partial charge in [-0.1, -0.05) is 0 Å². The maximum atomic E-state index is 11.1. The SMILES string of the molecule is O=C(O)c1cc(Br)cnc1Sc1ccc(Br)cn1. The minimum atomic E-state index is -1.01. The summed E-state index contributed by atoms with van der Waals surface area (Å²) in [5.41, 5.74) is 0.152. The zero-order valence-corrected chi connectivity index (χ0v) is 12.8. The number of halogens is 2. The second-order valence-corrected chi connectivity index (χ2v) is 6.07. The van der Waals surface area contributed by atoms with E-state index in [9.17, 15) is 4.79 Å². The number of aromatic carboxylic acids is 1. The van der Waals surface area contributed by atoms with E-state index >= 15 is 0 Å². The number of carboxylic acid groups (broad SMARTS) is 1. The fraction of sp³-hybridized carbons (Fsp3) is 0. The quantitative estimate of drug-likeness (QED) is 0.863. The zero-order chi connectivity index (χ0) is 13.1. The van der Waals surface area contributed by atoms with Gasteiger partial charge in [0.1, 0.15) is 10.1 Å². The Bertz CT molecular complexity index is 590. The molecular formula is C11H6Br2N2O2S. The Balaban J connectivity index is 2.34. The summed E-state index contributed by atoms with van der Waals surface area (Å²) in [6, 6.07) is 5.16. The molecule has 1 N–H and O–H groups in total. The van der Waals surface area contributed by atoms with Crippen LogP contribution in [0.25, 0.3) is 0 Å². The molecule has 2 aromatic heterocycles. The Morgan fingerprint density at radius 1 is 1.17 bits per heavy atom. The van der Waals surface area contributed by atoms with Gasteiger partial charge in [-0.05, 0) is 61.8 Å². The Morgan fingerprint density at radius 2 is 1.89 bits per heavy atom. The minimum absolute atomic E-state index is 0.152. The maximum absolute atomic E-state index is 11.1. The molecule has 4 nitrogen and oxygen atoms in total. The second kappa shape index (κ2) is 5.81. The van der Waals surface area contributed by atoms with E-state index in [1.165, 1.54) is 17.8 Å². The summed E-state index contributed by atoms with van der Waals surface area (Å²) in [7, 11) is 0. The summed E-state index contributed by atoms with van der Waals surface area (Å²) < 4.78 is 1.50. The summed E-state index contributed by atoms with van der Waals surface area (Å²) in [5.74, 6) is -1.01. The Labute approximate surface area is 124 Å². The van der Waals surface area contributed by atoms with Crippen molar-refractivity contribution in [3.05, 3.63) is 45.1 Å². The average molecular weight is 390 g/mol. The molecule has 92 valence electrons. The minimum Gasteiger partial charge on any atom is -0.478 e. The second-order valence-electron chi connectivity index (χ2n) is 3.23. The molecule has 0 fully saturated rings. The van der Waals surface area contributed by atoms with Gasteiger partial charge in [-0.3, -0.25) is 0 Å². The molecule has 0 spiro atoms.